The molecule has 0 aromatic heterocycles. The van der Waals surface area contributed by atoms with Crippen molar-refractivity contribution in [3.8, 4) is 0 Å². The minimum absolute atomic E-state index is 0.140. The van der Waals surface area contributed by atoms with Crippen LogP contribution in [0.4, 0.5) is 0 Å². The molecule has 0 aromatic rings. The molecule has 0 aliphatic carbocycles. The molecule has 0 fully saturated rings. The van der Waals surface area contributed by atoms with Crippen LogP contribution in [-0.2, 0) is 46.3 Å². The standard InChI is InChI=1S/C49H78O15P2/c1-3-5-7-9-11-13-15-17-19-20-21-22-24-26-28-30-32-34-36-38-49(54)60-40-46(51)42-62-66(57,58)64-44-47(52)43-63-65(55,56)61-41-45(50)39-59-48(53)37-35-33-31-29-27-25-23-18-16-14-12-10-8-6-4-2/h5-8,10-14,16-19,21-23,25-28,45-47,50-52H,3-4,9,15,20,24,29-44H2,1-2H3,(H,55,56)(H,57,58)/b7-5-,8-6+,12-10+,13-11-,16-14-,19-17-,22-21-,23-18-,27-25+,28-26-. The van der Waals surface area contributed by atoms with Gasteiger partial charge in [-0.1, -0.05) is 148 Å². The molecule has 374 valence electrons. The van der Waals surface area contributed by atoms with E-state index in [9.17, 15) is 43.8 Å². The molecule has 0 radical (unpaired) electrons. The second-order valence-corrected chi connectivity index (χ2v) is 17.7. The van der Waals surface area contributed by atoms with Crippen molar-refractivity contribution >= 4 is 27.6 Å². The van der Waals surface area contributed by atoms with Gasteiger partial charge in [0.1, 0.15) is 31.5 Å². The molecule has 15 nitrogen and oxygen atoms in total. The van der Waals surface area contributed by atoms with E-state index < -0.39 is 85.5 Å². The van der Waals surface area contributed by atoms with Crippen LogP contribution in [0, 0.1) is 0 Å². The lowest BCUT2D eigenvalue weighted by molar-refractivity contribution is -0.148. The first-order valence-corrected chi connectivity index (χ1v) is 25.9. The second-order valence-electron chi connectivity index (χ2n) is 14.8. The molecule has 17 heteroatoms. The third-order valence-electron chi connectivity index (χ3n) is 8.54. The fourth-order valence-corrected chi connectivity index (χ4v) is 6.61. The summed E-state index contributed by atoms with van der Waals surface area (Å²) in [5, 5.41) is 30.0. The zero-order valence-corrected chi connectivity index (χ0v) is 40.8. The van der Waals surface area contributed by atoms with E-state index in [2.05, 4.69) is 98.8 Å². The molecule has 0 aliphatic heterocycles. The Kier molecular flexibility index (Phi) is 41.6. The predicted molar refractivity (Wildman–Crippen MR) is 260 cm³/mol. The number of aliphatic hydroxyl groups is 3. The zero-order valence-electron chi connectivity index (χ0n) is 39.0. The lowest BCUT2D eigenvalue weighted by atomic mass is 10.1. The summed E-state index contributed by atoms with van der Waals surface area (Å²) >= 11 is 0. The molecular weight excluding hydrogens is 890 g/mol. The number of unbranched alkanes of at least 4 members (excludes halogenated alkanes) is 6. The molecule has 0 rings (SSSR count). The zero-order chi connectivity index (χ0) is 48.8. The number of ether oxygens (including phenoxy) is 2. The maximum atomic E-state index is 12.2. The van der Waals surface area contributed by atoms with Crippen molar-refractivity contribution in [2.45, 2.75) is 135 Å². The molecule has 0 saturated heterocycles. The fourth-order valence-electron chi connectivity index (χ4n) is 5.02. The highest BCUT2D eigenvalue weighted by Crippen LogP contribution is 2.45. The molecule has 0 aromatic carbocycles. The van der Waals surface area contributed by atoms with Crippen molar-refractivity contribution in [2.75, 3.05) is 39.6 Å². The Hall–Kier alpha value is -3.56. The number of rotatable bonds is 42. The average molecular weight is 969 g/mol. The minimum atomic E-state index is -4.81. The number of phosphoric acid groups is 2. The van der Waals surface area contributed by atoms with Crippen molar-refractivity contribution in [1.29, 1.82) is 0 Å². The van der Waals surface area contributed by atoms with Crippen molar-refractivity contribution in [3.63, 3.8) is 0 Å². The molecule has 0 amide bonds. The summed E-state index contributed by atoms with van der Waals surface area (Å²) < 4.78 is 52.9. The summed E-state index contributed by atoms with van der Waals surface area (Å²) in [6.45, 7) is 0.0189. The van der Waals surface area contributed by atoms with E-state index in [-0.39, 0.29) is 12.8 Å². The van der Waals surface area contributed by atoms with E-state index in [4.69, 9.17) is 9.47 Å². The van der Waals surface area contributed by atoms with Gasteiger partial charge in [-0.2, -0.15) is 0 Å². The molecule has 66 heavy (non-hydrogen) atoms. The predicted octanol–water partition coefficient (Wildman–Crippen LogP) is 10.3. The Morgan fingerprint density at radius 1 is 0.409 bits per heavy atom. The maximum Gasteiger partial charge on any atom is 0.472 e. The topological polar surface area (TPSA) is 225 Å². The largest absolute Gasteiger partial charge is 0.472 e. The smallest absolute Gasteiger partial charge is 0.463 e. The number of aliphatic hydroxyl groups excluding tert-OH is 3. The molecule has 5 atom stereocenters. The van der Waals surface area contributed by atoms with Gasteiger partial charge in [0, 0.05) is 12.8 Å². The van der Waals surface area contributed by atoms with Crippen molar-refractivity contribution in [2.24, 2.45) is 0 Å². The molecule has 0 saturated carbocycles. The lowest BCUT2D eigenvalue weighted by Gasteiger charge is -2.19. The van der Waals surface area contributed by atoms with Gasteiger partial charge in [-0.15, -0.1) is 0 Å². The monoisotopic (exact) mass is 968 g/mol. The number of carbonyl (C=O) groups is 2. The highest BCUT2D eigenvalue weighted by Gasteiger charge is 2.28. The van der Waals surface area contributed by atoms with E-state index in [0.29, 0.717) is 12.8 Å². The third kappa shape index (κ3) is 45.6. The summed E-state index contributed by atoms with van der Waals surface area (Å²) in [6, 6.07) is 0. The van der Waals surface area contributed by atoms with E-state index in [0.717, 1.165) is 77.0 Å². The van der Waals surface area contributed by atoms with Crippen LogP contribution in [0.25, 0.3) is 0 Å². The first kappa shape index (κ1) is 62.4. The van der Waals surface area contributed by atoms with Crippen LogP contribution >= 0.6 is 15.6 Å². The van der Waals surface area contributed by atoms with E-state index in [1.807, 2.05) is 54.7 Å². The van der Waals surface area contributed by atoms with Gasteiger partial charge in [-0.25, -0.2) is 9.13 Å². The molecule has 0 spiro atoms. The van der Waals surface area contributed by atoms with Crippen LogP contribution in [0.2, 0.25) is 0 Å². The van der Waals surface area contributed by atoms with Gasteiger partial charge in [0.2, 0.25) is 0 Å². The minimum Gasteiger partial charge on any atom is -0.463 e. The van der Waals surface area contributed by atoms with Gasteiger partial charge < -0.3 is 34.6 Å². The Morgan fingerprint density at radius 2 is 0.727 bits per heavy atom. The van der Waals surface area contributed by atoms with Crippen LogP contribution in [-0.4, -0.2) is 95.0 Å². The van der Waals surface area contributed by atoms with Crippen LogP contribution in [0.1, 0.15) is 117 Å². The van der Waals surface area contributed by atoms with Gasteiger partial charge >= 0.3 is 27.6 Å². The summed E-state index contributed by atoms with van der Waals surface area (Å²) in [7, 11) is -9.61. The van der Waals surface area contributed by atoms with Crippen molar-refractivity contribution in [1.82, 2.24) is 0 Å². The van der Waals surface area contributed by atoms with Gasteiger partial charge in [0.25, 0.3) is 0 Å². The molecule has 0 bridgehead atoms. The van der Waals surface area contributed by atoms with Crippen LogP contribution < -0.4 is 0 Å². The third-order valence-corrected chi connectivity index (χ3v) is 10.4. The van der Waals surface area contributed by atoms with E-state index in [1.54, 1.807) is 0 Å². The molecule has 5 N–H and O–H groups in total. The Morgan fingerprint density at radius 3 is 1.12 bits per heavy atom. The molecule has 0 heterocycles. The Balaban J connectivity index is 4.01. The van der Waals surface area contributed by atoms with Crippen molar-refractivity contribution < 1.29 is 71.4 Å². The van der Waals surface area contributed by atoms with E-state index in [1.165, 1.54) is 0 Å². The van der Waals surface area contributed by atoms with Crippen LogP contribution in [0.5, 0.6) is 0 Å². The fraction of sp³-hybridized carbons (Fsp3) is 0.551. The Labute approximate surface area is 393 Å². The summed E-state index contributed by atoms with van der Waals surface area (Å²) in [4.78, 5) is 43.7. The van der Waals surface area contributed by atoms with Gasteiger partial charge in [0.05, 0.1) is 26.4 Å². The first-order chi connectivity index (χ1) is 31.8. The maximum absolute atomic E-state index is 12.2. The Bertz CT molecular complexity index is 1640. The summed E-state index contributed by atoms with van der Waals surface area (Å²) in [5.74, 6) is -1.08. The van der Waals surface area contributed by atoms with E-state index >= 15 is 0 Å². The summed E-state index contributed by atoms with van der Waals surface area (Å²) in [5.41, 5.74) is 0. The number of allylic oxidation sites excluding steroid dienone is 20. The summed E-state index contributed by atoms with van der Waals surface area (Å²) in [6.07, 6.45) is 49.1. The number of phosphoric ester groups is 2. The number of hydrogen-bond donors (Lipinski definition) is 5. The normalized spacial score (nSPS) is 16.2. The lowest BCUT2D eigenvalue weighted by Crippen LogP contribution is -2.25. The highest BCUT2D eigenvalue weighted by atomic mass is 31.2. The molecule has 0 aliphatic rings. The number of esters is 2. The molecule has 5 unspecified atom stereocenters. The van der Waals surface area contributed by atoms with Crippen molar-refractivity contribution in [3.05, 3.63) is 122 Å². The number of hydrogen-bond acceptors (Lipinski definition) is 13. The first-order valence-electron chi connectivity index (χ1n) is 23.0. The second kappa shape index (κ2) is 44.0. The number of carbonyl (C=O) groups excluding carboxylic acids is 2. The van der Waals surface area contributed by atoms with Gasteiger partial charge in [-0.05, 0) is 77.0 Å². The molecular formula is C49H78O15P2. The van der Waals surface area contributed by atoms with Gasteiger partial charge in [-0.3, -0.25) is 27.7 Å². The highest BCUT2D eigenvalue weighted by molar-refractivity contribution is 7.47. The van der Waals surface area contributed by atoms with Crippen LogP contribution in [0.15, 0.2) is 122 Å². The SMILES string of the molecule is CC/C=C\C/C=C\C/C=C\C/C=C\C/C=C\CCCCCC(=O)OCC(O)COP(=O)(O)OCC(O)COP(=O)(O)OCC(O)COC(=O)CCCCC/C=C/C=C\C=C/C=C/C=C/CC. The van der Waals surface area contributed by atoms with Crippen LogP contribution in [0.3, 0.4) is 0 Å². The quantitative estimate of drug-likeness (QED) is 0.0126. The van der Waals surface area contributed by atoms with Gasteiger partial charge in [0.15, 0.2) is 0 Å². The average Bonchev–Trinajstić information content (AvgIpc) is 3.29.